The second kappa shape index (κ2) is 5.75. The van der Waals surface area contributed by atoms with Crippen molar-refractivity contribution >= 4 is 17.2 Å². The first-order valence-electron chi connectivity index (χ1n) is 8.45. The van der Waals surface area contributed by atoms with Gasteiger partial charge in [-0.25, -0.2) is 4.98 Å². The SMILES string of the molecule is Cc1nc(C)c(C(=O)N[C@@H]2[C@@H]3CCC[C@H]3[C@@H]2c2ccccc2)s1. The van der Waals surface area contributed by atoms with Gasteiger partial charge in [-0.2, -0.15) is 0 Å². The van der Waals surface area contributed by atoms with Gasteiger partial charge in [0.15, 0.2) is 0 Å². The van der Waals surface area contributed by atoms with Crippen LogP contribution in [0.15, 0.2) is 30.3 Å². The molecule has 2 aliphatic carbocycles. The number of aryl methyl sites for hydroxylation is 2. The highest BCUT2D eigenvalue weighted by Crippen LogP contribution is 2.56. The van der Waals surface area contributed by atoms with Crippen LogP contribution in [0.4, 0.5) is 0 Å². The van der Waals surface area contributed by atoms with Gasteiger partial charge in [-0.3, -0.25) is 4.79 Å². The minimum Gasteiger partial charge on any atom is -0.348 e. The Bertz CT molecular complexity index is 724. The standard InChI is InChI=1S/C19H22N2OS/c1-11-18(23-12(2)20-11)19(22)21-17-15-10-6-9-14(15)16(17)13-7-4-3-5-8-13/h3-5,7-8,14-17H,6,9-10H2,1-2H3,(H,21,22)/t14-,15-,16+,17-/m1/s1. The Hall–Kier alpha value is -1.68. The number of carbonyl (C=O) groups excluding carboxylic acids is 1. The molecule has 4 heteroatoms. The van der Waals surface area contributed by atoms with E-state index in [2.05, 4.69) is 40.6 Å². The van der Waals surface area contributed by atoms with Gasteiger partial charge in [0.1, 0.15) is 4.88 Å². The molecular formula is C19H22N2OS. The van der Waals surface area contributed by atoms with Crippen molar-refractivity contribution in [1.29, 1.82) is 0 Å². The molecule has 1 heterocycles. The first-order chi connectivity index (χ1) is 11.1. The van der Waals surface area contributed by atoms with Crippen LogP contribution in [0.1, 0.15) is 51.1 Å². The number of nitrogens with one attached hydrogen (secondary N) is 1. The number of carbonyl (C=O) groups is 1. The monoisotopic (exact) mass is 326 g/mol. The molecule has 4 atom stereocenters. The highest BCUT2D eigenvalue weighted by atomic mass is 32.1. The summed E-state index contributed by atoms with van der Waals surface area (Å²) in [5, 5.41) is 4.30. The quantitative estimate of drug-likeness (QED) is 0.924. The molecule has 0 unspecified atom stereocenters. The highest BCUT2D eigenvalue weighted by Gasteiger charge is 2.53. The summed E-state index contributed by atoms with van der Waals surface area (Å²) < 4.78 is 0. The Morgan fingerprint density at radius 3 is 2.61 bits per heavy atom. The van der Waals surface area contributed by atoms with Crippen molar-refractivity contribution in [3.63, 3.8) is 0 Å². The van der Waals surface area contributed by atoms with Crippen molar-refractivity contribution in [3.8, 4) is 0 Å². The molecule has 23 heavy (non-hydrogen) atoms. The van der Waals surface area contributed by atoms with Gasteiger partial charge in [-0.05, 0) is 44.1 Å². The summed E-state index contributed by atoms with van der Waals surface area (Å²) in [6.45, 7) is 3.88. The van der Waals surface area contributed by atoms with E-state index in [0.29, 0.717) is 11.8 Å². The molecule has 1 aromatic carbocycles. The van der Waals surface area contributed by atoms with E-state index in [-0.39, 0.29) is 11.9 Å². The average molecular weight is 326 g/mol. The largest absolute Gasteiger partial charge is 0.348 e. The predicted octanol–water partition coefficient (Wildman–Crippen LogP) is 4.07. The van der Waals surface area contributed by atoms with Gasteiger partial charge in [0.05, 0.1) is 10.7 Å². The number of hydrogen-bond acceptors (Lipinski definition) is 3. The van der Waals surface area contributed by atoms with E-state index in [4.69, 9.17) is 0 Å². The van der Waals surface area contributed by atoms with E-state index >= 15 is 0 Å². The molecule has 1 amide bonds. The summed E-state index contributed by atoms with van der Waals surface area (Å²) in [4.78, 5) is 17.9. The smallest absolute Gasteiger partial charge is 0.263 e. The van der Waals surface area contributed by atoms with Gasteiger partial charge in [-0.1, -0.05) is 36.8 Å². The number of thiazole rings is 1. The zero-order valence-electron chi connectivity index (χ0n) is 13.6. The maximum atomic E-state index is 12.7. The maximum absolute atomic E-state index is 12.7. The van der Waals surface area contributed by atoms with E-state index in [1.807, 2.05) is 13.8 Å². The van der Waals surface area contributed by atoms with Crippen molar-refractivity contribution in [3.05, 3.63) is 51.5 Å². The summed E-state index contributed by atoms with van der Waals surface area (Å²) in [6.07, 6.45) is 3.85. The molecule has 0 bridgehead atoms. The van der Waals surface area contributed by atoms with Crippen LogP contribution in [0.5, 0.6) is 0 Å². The van der Waals surface area contributed by atoms with Crippen LogP contribution < -0.4 is 5.32 Å². The molecule has 1 N–H and O–H groups in total. The summed E-state index contributed by atoms with van der Waals surface area (Å²) in [6, 6.07) is 11.0. The second-order valence-corrected chi connectivity index (χ2v) is 8.04. The van der Waals surface area contributed by atoms with Gasteiger partial charge in [-0.15, -0.1) is 11.3 Å². The van der Waals surface area contributed by atoms with Gasteiger partial charge in [0.2, 0.25) is 0 Å². The average Bonchev–Trinajstić information content (AvgIpc) is 3.09. The van der Waals surface area contributed by atoms with E-state index in [1.54, 1.807) is 0 Å². The molecule has 1 aromatic heterocycles. The van der Waals surface area contributed by atoms with Gasteiger partial charge >= 0.3 is 0 Å². The lowest BCUT2D eigenvalue weighted by molar-refractivity contribution is 0.0694. The fourth-order valence-electron chi connectivity index (χ4n) is 4.58. The lowest BCUT2D eigenvalue weighted by Gasteiger charge is -2.49. The van der Waals surface area contributed by atoms with Crippen LogP contribution in [-0.4, -0.2) is 16.9 Å². The van der Waals surface area contributed by atoms with Crippen LogP contribution in [0.3, 0.4) is 0 Å². The molecule has 0 radical (unpaired) electrons. The third kappa shape index (κ3) is 2.49. The molecular weight excluding hydrogens is 304 g/mol. The summed E-state index contributed by atoms with van der Waals surface area (Å²) in [7, 11) is 0. The Kier molecular flexibility index (Phi) is 3.72. The van der Waals surface area contributed by atoms with Crippen molar-refractivity contribution in [2.24, 2.45) is 11.8 Å². The van der Waals surface area contributed by atoms with Gasteiger partial charge in [0, 0.05) is 12.0 Å². The van der Waals surface area contributed by atoms with Crippen molar-refractivity contribution in [2.45, 2.75) is 45.1 Å². The number of nitrogens with zero attached hydrogens (tertiary/aromatic N) is 1. The summed E-state index contributed by atoms with van der Waals surface area (Å²) in [5.41, 5.74) is 2.22. The highest BCUT2D eigenvalue weighted by molar-refractivity contribution is 7.13. The summed E-state index contributed by atoms with van der Waals surface area (Å²) in [5.74, 6) is 1.93. The molecule has 2 saturated carbocycles. The molecule has 3 nitrogen and oxygen atoms in total. The first-order valence-corrected chi connectivity index (χ1v) is 9.26. The molecule has 2 fully saturated rings. The number of benzene rings is 1. The van der Waals surface area contributed by atoms with Crippen LogP contribution in [0.25, 0.3) is 0 Å². The number of fused-ring (bicyclic) bond motifs is 1. The molecule has 2 aliphatic rings. The predicted molar refractivity (Wildman–Crippen MR) is 92.9 cm³/mol. The van der Waals surface area contributed by atoms with E-state index in [1.165, 1.54) is 36.2 Å². The van der Waals surface area contributed by atoms with E-state index < -0.39 is 0 Å². The Balaban J connectivity index is 1.57. The first kappa shape index (κ1) is 14.9. The fourth-order valence-corrected chi connectivity index (χ4v) is 5.40. The Labute approximate surface area is 141 Å². The van der Waals surface area contributed by atoms with E-state index in [0.717, 1.165) is 21.5 Å². The molecule has 4 rings (SSSR count). The molecule has 0 aliphatic heterocycles. The third-order valence-electron chi connectivity index (χ3n) is 5.53. The molecule has 0 saturated heterocycles. The zero-order valence-corrected chi connectivity index (χ0v) is 14.4. The zero-order chi connectivity index (χ0) is 16.0. The second-order valence-electron chi connectivity index (χ2n) is 6.84. The topological polar surface area (TPSA) is 42.0 Å². The van der Waals surface area contributed by atoms with Crippen LogP contribution in [0.2, 0.25) is 0 Å². The fraction of sp³-hybridized carbons (Fsp3) is 0.474. The lowest BCUT2D eigenvalue weighted by Crippen LogP contribution is -2.56. The number of aromatic nitrogens is 1. The van der Waals surface area contributed by atoms with Crippen LogP contribution in [0, 0.1) is 25.7 Å². The maximum Gasteiger partial charge on any atom is 0.263 e. The Morgan fingerprint density at radius 2 is 1.91 bits per heavy atom. The molecule has 120 valence electrons. The Morgan fingerprint density at radius 1 is 1.17 bits per heavy atom. The van der Waals surface area contributed by atoms with Crippen molar-refractivity contribution in [2.75, 3.05) is 0 Å². The summed E-state index contributed by atoms with van der Waals surface area (Å²) >= 11 is 1.50. The third-order valence-corrected chi connectivity index (χ3v) is 6.60. The minimum absolute atomic E-state index is 0.0596. The lowest BCUT2D eigenvalue weighted by atomic mass is 9.60. The van der Waals surface area contributed by atoms with E-state index in [9.17, 15) is 4.79 Å². The van der Waals surface area contributed by atoms with Crippen molar-refractivity contribution < 1.29 is 4.79 Å². The van der Waals surface area contributed by atoms with Crippen molar-refractivity contribution in [1.82, 2.24) is 10.3 Å². The number of amides is 1. The van der Waals surface area contributed by atoms with Crippen LogP contribution >= 0.6 is 11.3 Å². The number of hydrogen-bond donors (Lipinski definition) is 1. The van der Waals surface area contributed by atoms with Gasteiger partial charge in [0.25, 0.3) is 5.91 Å². The molecule has 0 spiro atoms. The van der Waals surface area contributed by atoms with Crippen LogP contribution in [-0.2, 0) is 0 Å². The normalized spacial score (nSPS) is 29.0. The van der Waals surface area contributed by atoms with Gasteiger partial charge < -0.3 is 5.32 Å². The molecule has 2 aromatic rings. The number of rotatable bonds is 3. The minimum atomic E-state index is 0.0596.